The van der Waals surface area contributed by atoms with Gasteiger partial charge in [-0.1, -0.05) is 182 Å². The lowest BCUT2D eigenvalue weighted by Gasteiger charge is -2.17. The van der Waals surface area contributed by atoms with E-state index in [9.17, 15) is 0 Å². The molecular formula is C50H38. The molecule has 0 amide bonds. The molecule has 0 aliphatic carbocycles. The van der Waals surface area contributed by atoms with E-state index in [-0.39, 0.29) is 0 Å². The van der Waals surface area contributed by atoms with Crippen molar-refractivity contribution in [2.45, 2.75) is 13.8 Å². The van der Waals surface area contributed by atoms with Crippen LogP contribution in [-0.2, 0) is 0 Å². The molecule has 0 radical (unpaired) electrons. The molecule has 0 atom stereocenters. The number of rotatable bonds is 7. The zero-order valence-electron chi connectivity index (χ0n) is 28.5. The van der Waals surface area contributed by atoms with Gasteiger partial charge in [-0.15, -0.1) is 0 Å². The third-order valence-corrected chi connectivity index (χ3v) is 9.79. The van der Waals surface area contributed by atoms with Gasteiger partial charge in [0.25, 0.3) is 0 Å². The zero-order chi connectivity index (χ0) is 33.9. The summed E-state index contributed by atoms with van der Waals surface area (Å²) in [5, 5.41) is 0. The maximum Gasteiger partial charge on any atom is -0.00990 e. The van der Waals surface area contributed by atoms with Crippen LogP contribution in [-0.4, -0.2) is 0 Å². The van der Waals surface area contributed by atoms with Gasteiger partial charge in [0, 0.05) is 0 Å². The predicted octanol–water partition coefficient (Wildman–Crippen LogP) is 14.0. The molecule has 0 N–H and O–H groups in total. The highest BCUT2D eigenvalue weighted by Crippen LogP contribution is 2.40. The van der Waals surface area contributed by atoms with Crippen molar-refractivity contribution in [3.8, 4) is 77.9 Å². The molecule has 238 valence electrons. The van der Waals surface area contributed by atoms with E-state index in [0.29, 0.717) is 0 Å². The normalized spacial score (nSPS) is 11.0. The van der Waals surface area contributed by atoms with Gasteiger partial charge >= 0.3 is 0 Å². The fourth-order valence-corrected chi connectivity index (χ4v) is 7.15. The standard InChI is InChI=1S/C50H38/c1-35-31-47(41-19-11-5-12-20-41)49(33-45(35)39-15-7-3-8-16-39)43-27-23-37(24-28-43)38-25-29-44(30-26-38)50-34-46(40-17-9-4-10-18-40)36(2)32-48(50)42-21-13-6-14-22-42/h3-34H,1-2H3. The molecule has 0 saturated carbocycles. The second-order valence-electron chi connectivity index (χ2n) is 13.0. The second-order valence-corrected chi connectivity index (χ2v) is 13.0. The maximum atomic E-state index is 2.37. The zero-order valence-corrected chi connectivity index (χ0v) is 28.5. The van der Waals surface area contributed by atoms with Crippen LogP contribution in [0.3, 0.4) is 0 Å². The van der Waals surface area contributed by atoms with Crippen molar-refractivity contribution in [3.05, 3.63) is 205 Å². The Hall–Kier alpha value is -6.24. The molecule has 0 aliphatic heterocycles. The first-order valence-corrected chi connectivity index (χ1v) is 17.3. The lowest BCUT2D eigenvalue weighted by Crippen LogP contribution is -1.92. The van der Waals surface area contributed by atoms with Crippen molar-refractivity contribution in [1.82, 2.24) is 0 Å². The van der Waals surface area contributed by atoms with Crippen LogP contribution >= 0.6 is 0 Å². The Labute approximate surface area is 296 Å². The predicted molar refractivity (Wildman–Crippen MR) is 214 cm³/mol. The Morgan fingerprint density at radius 3 is 0.720 bits per heavy atom. The summed E-state index contributed by atoms with van der Waals surface area (Å²) in [6.45, 7) is 4.43. The average Bonchev–Trinajstić information content (AvgIpc) is 3.19. The summed E-state index contributed by atoms with van der Waals surface area (Å²) < 4.78 is 0. The largest absolute Gasteiger partial charge is 0.0622 e. The first-order chi connectivity index (χ1) is 24.6. The molecule has 0 saturated heterocycles. The van der Waals surface area contributed by atoms with Gasteiger partial charge in [-0.2, -0.15) is 0 Å². The van der Waals surface area contributed by atoms with Crippen molar-refractivity contribution in [3.63, 3.8) is 0 Å². The first-order valence-electron chi connectivity index (χ1n) is 17.3. The average molecular weight is 639 g/mol. The quantitative estimate of drug-likeness (QED) is 0.163. The monoisotopic (exact) mass is 638 g/mol. The van der Waals surface area contributed by atoms with E-state index in [1.165, 1.54) is 89.0 Å². The molecule has 0 unspecified atom stereocenters. The van der Waals surface area contributed by atoms with Gasteiger partial charge in [-0.25, -0.2) is 0 Å². The van der Waals surface area contributed by atoms with Gasteiger partial charge in [0.1, 0.15) is 0 Å². The number of hydrogen-bond acceptors (Lipinski definition) is 0. The van der Waals surface area contributed by atoms with Crippen molar-refractivity contribution in [2.75, 3.05) is 0 Å². The minimum absolute atomic E-state index is 1.20. The fraction of sp³-hybridized carbons (Fsp3) is 0.0400. The van der Waals surface area contributed by atoms with E-state index in [2.05, 4.69) is 208 Å². The van der Waals surface area contributed by atoms with Crippen LogP contribution in [0, 0.1) is 13.8 Å². The molecule has 50 heavy (non-hydrogen) atoms. The minimum Gasteiger partial charge on any atom is -0.0622 e. The Kier molecular flexibility index (Phi) is 8.51. The van der Waals surface area contributed by atoms with Gasteiger partial charge < -0.3 is 0 Å². The highest BCUT2D eigenvalue weighted by molar-refractivity contribution is 5.91. The third kappa shape index (κ3) is 6.20. The van der Waals surface area contributed by atoms with Crippen molar-refractivity contribution in [2.24, 2.45) is 0 Å². The lowest BCUT2D eigenvalue weighted by molar-refractivity contribution is 1.44. The number of hydrogen-bond donors (Lipinski definition) is 0. The van der Waals surface area contributed by atoms with E-state index in [1.54, 1.807) is 0 Å². The summed E-state index contributed by atoms with van der Waals surface area (Å²) in [6.07, 6.45) is 0. The van der Waals surface area contributed by atoms with E-state index >= 15 is 0 Å². The fourth-order valence-electron chi connectivity index (χ4n) is 7.15. The minimum atomic E-state index is 1.20. The van der Waals surface area contributed by atoms with Gasteiger partial charge in [0.15, 0.2) is 0 Å². The molecule has 0 fully saturated rings. The Morgan fingerprint density at radius 1 is 0.200 bits per heavy atom. The number of aryl methyl sites for hydroxylation is 2. The molecule has 0 spiro atoms. The van der Waals surface area contributed by atoms with Crippen LogP contribution in [0.15, 0.2) is 194 Å². The van der Waals surface area contributed by atoms with E-state index in [1.807, 2.05) is 0 Å². The Morgan fingerprint density at radius 2 is 0.420 bits per heavy atom. The van der Waals surface area contributed by atoms with Crippen LogP contribution in [0.2, 0.25) is 0 Å². The summed E-state index contributed by atoms with van der Waals surface area (Å²) in [6, 6.07) is 70.4. The Balaban J connectivity index is 1.16. The molecule has 0 nitrogen and oxygen atoms in total. The van der Waals surface area contributed by atoms with Crippen molar-refractivity contribution >= 4 is 0 Å². The van der Waals surface area contributed by atoms with Crippen molar-refractivity contribution in [1.29, 1.82) is 0 Å². The Bertz CT molecular complexity index is 2200. The molecule has 8 rings (SSSR count). The van der Waals surface area contributed by atoms with Gasteiger partial charge in [-0.05, 0) is 115 Å². The van der Waals surface area contributed by atoms with E-state index in [0.717, 1.165) is 0 Å². The van der Waals surface area contributed by atoms with Gasteiger partial charge in [0.05, 0.1) is 0 Å². The second kappa shape index (κ2) is 13.7. The maximum absolute atomic E-state index is 2.37. The van der Waals surface area contributed by atoms with Crippen molar-refractivity contribution < 1.29 is 0 Å². The first kappa shape index (κ1) is 31.1. The lowest BCUT2D eigenvalue weighted by atomic mass is 9.87. The topological polar surface area (TPSA) is 0 Å². The summed E-state index contributed by atoms with van der Waals surface area (Å²) in [5.74, 6) is 0. The van der Waals surface area contributed by atoms with Gasteiger partial charge in [-0.3, -0.25) is 0 Å². The molecule has 0 heterocycles. The van der Waals surface area contributed by atoms with Gasteiger partial charge in [0.2, 0.25) is 0 Å². The molecule has 8 aromatic rings. The molecular weight excluding hydrogens is 601 g/mol. The summed E-state index contributed by atoms with van der Waals surface area (Å²) in [4.78, 5) is 0. The van der Waals surface area contributed by atoms with Crippen LogP contribution in [0.5, 0.6) is 0 Å². The molecule has 0 bridgehead atoms. The summed E-state index contributed by atoms with van der Waals surface area (Å²) in [7, 11) is 0. The molecule has 0 aromatic heterocycles. The number of benzene rings is 8. The van der Waals surface area contributed by atoms with Crippen LogP contribution in [0.4, 0.5) is 0 Å². The molecule has 8 aromatic carbocycles. The smallest absolute Gasteiger partial charge is 0.00990 e. The molecule has 0 aliphatic rings. The molecule has 0 heteroatoms. The van der Waals surface area contributed by atoms with E-state index in [4.69, 9.17) is 0 Å². The summed E-state index contributed by atoms with van der Waals surface area (Å²) >= 11 is 0. The van der Waals surface area contributed by atoms with Crippen LogP contribution in [0.25, 0.3) is 77.9 Å². The van der Waals surface area contributed by atoms with Crippen LogP contribution < -0.4 is 0 Å². The highest BCUT2D eigenvalue weighted by atomic mass is 14.2. The van der Waals surface area contributed by atoms with Crippen LogP contribution in [0.1, 0.15) is 11.1 Å². The highest BCUT2D eigenvalue weighted by Gasteiger charge is 2.15. The SMILES string of the molecule is Cc1cc(-c2ccccc2)c(-c2ccc(-c3ccc(-c4cc(-c5ccccc5)c(C)cc4-c4ccccc4)cc3)cc2)cc1-c1ccccc1. The summed E-state index contributed by atoms with van der Waals surface area (Å²) in [5.41, 5.74) is 19.8. The third-order valence-electron chi connectivity index (χ3n) is 9.79. The van der Waals surface area contributed by atoms with E-state index < -0.39 is 0 Å².